The van der Waals surface area contributed by atoms with Gasteiger partial charge in [-0.2, -0.15) is 0 Å². The van der Waals surface area contributed by atoms with Crippen LogP contribution in [0, 0.1) is 5.82 Å². The number of nitrogens with zero attached hydrogens (tertiary/aromatic N) is 2. The van der Waals surface area contributed by atoms with Crippen LogP contribution in [0.25, 0.3) is 21.8 Å². The molecule has 6 nitrogen and oxygen atoms in total. The second kappa shape index (κ2) is 6.68. The highest BCUT2D eigenvalue weighted by Crippen LogP contribution is 2.20. The average molecular weight is 364 g/mol. The van der Waals surface area contributed by atoms with Crippen molar-refractivity contribution in [2.45, 2.75) is 13.5 Å². The molecule has 0 spiro atoms. The van der Waals surface area contributed by atoms with E-state index in [1.54, 1.807) is 36.4 Å². The van der Waals surface area contributed by atoms with E-state index in [1.807, 2.05) is 6.92 Å². The number of nitrogens with one attached hydrogen (secondary N) is 2. The van der Waals surface area contributed by atoms with Gasteiger partial charge in [-0.05, 0) is 37.3 Å². The molecule has 0 aliphatic carbocycles. The summed E-state index contributed by atoms with van der Waals surface area (Å²) in [5.41, 5.74) is 1.19. The lowest BCUT2D eigenvalue weighted by Gasteiger charge is -2.19. The van der Waals surface area contributed by atoms with Crippen molar-refractivity contribution in [3.8, 4) is 0 Å². The number of carbonyl (C=O) groups excluding carboxylic acids is 1. The van der Waals surface area contributed by atoms with Gasteiger partial charge in [-0.15, -0.1) is 0 Å². The van der Waals surface area contributed by atoms with Crippen molar-refractivity contribution >= 4 is 27.7 Å². The zero-order valence-corrected chi connectivity index (χ0v) is 14.6. The summed E-state index contributed by atoms with van der Waals surface area (Å²) >= 11 is 0. The number of hydrogen-bond acceptors (Lipinski definition) is 3. The molecule has 0 fully saturated rings. The van der Waals surface area contributed by atoms with Crippen LogP contribution in [0.4, 0.5) is 4.39 Å². The summed E-state index contributed by atoms with van der Waals surface area (Å²) in [5, 5.41) is 0.871. The van der Waals surface area contributed by atoms with Gasteiger partial charge >= 0.3 is 0 Å². The molecule has 0 unspecified atom stereocenters. The maximum Gasteiger partial charge on any atom is 0.270 e. The number of halogens is 1. The third-order valence-corrected chi connectivity index (χ3v) is 4.51. The lowest BCUT2D eigenvalue weighted by molar-refractivity contribution is 0.0743. The minimum atomic E-state index is -0.383. The number of para-hydroxylation sites is 1. The Bertz CT molecular complexity index is 1210. The summed E-state index contributed by atoms with van der Waals surface area (Å²) in [6.45, 7) is 2.39. The second-order valence-electron chi connectivity index (χ2n) is 6.23. The molecule has 2 aromatic heterocycles. The third kappa shape index (κ3) is 3.08. The predicted octanol–water partition coefficient (Wildman–Crippen LogP) is 3.21. The molecule has 0 bridgehead atoms. The lowest BCUT2D eigenvalue weighted by Crippen LogP contribution is -2.32. The van der Waals surface area contributed by atoms with Gasteiger partial charge < -0.3 is 14.9 Å². The van der Waals surface area contributed by atoms with Gasteiger partial charge in [0.2, 0.25) is 0 Å². The van der Waals surface area contributed by atoms with Crippen molar-refractivity contribution in [1.29, 1.82) is 0 Å². The zero-order valence-electron chi connectivity index (χ0n) is 14.6. The number of H-pyrrole nitrogens is 2. The van der Waals surface area contributed by atoms with Gasteiger partial charge in [0, 0.05) is 17.4 Å². The quantitative estimate of drug-likeness (QED) is 0.583. The molecule has 0 aliphatic rings. The van der Waals surface area contributed by atoms with Gasteiger partial charge in [-0.3, -0.25) is 9.59 Å². The Morgan fingerprint density at radius 2 is 1.93 bits per heavy atom. The third-order valence-electron chi connectivity index (χ3n) is 4.51. The van der Waals surface area contributed by atoms with Gasteiger partial charge in [-0.1, -0.05) is 18.2 Å². The first-order chi connectivity index (χ1) is 13.1. The van der Waals surface area contributed by atoms with E-state index in [2.05, 4.69) is 15.0 Å². The summed E-state index contributed by atoms with van der Waals surface area (Å²) in [5.74, 6) is -0.272. The summed E-state index contributed by atoms with van der Waals surface area (Å²) in [6, 6.07) is 13.2. The van der Waals surface area contributed by atoms with E-state index in [0.29, 0.717) is 39.9 Å². The van der Waals surface area contributed by atoms with Crippen LogP contribution in [0.2, 0.25) is 0 Å². The van der Waals surface area contributed by atoms with E-state index in [9.17, 15) is 14.0 Å². The Labute approximate surface area is 153 Å². The second-order valence-corrected chi connectivity index (χ2v) is 6.23. The molecule has 4 rings (SSSR count). The summed E-state index contributed by atoms with van der Waals surface area (Å²) in [6.07, 6.45) is 0. The number of benzene rings is 2. The van der Waals surface area contributed by atoms with E-state index < -0.39 is 0 Å². The Morgan fingerprint density at radius 1 is 1.11 bits per heavy atom. The molecule has 4 aromatic rings. The highest BCUT2D eigenvalue weighted by Gasteiger charge is 2.19. The topological polar surface area (TPSA) is 81.8 Å². The molecular formula is C20H17FN4O2. The predicted molar refractivity (Wildman–Crippen MR) is 101 cm³/mol. The van der Waals surface area contributed by atoms with E-state index in [1.165, 1.54) is 17.0 Å². The fourth-order valence-electron chi connectivity index (χ4n) is 3.12. The van der Waals surface area contributed by atoms with Crippen LogP contribution >= 0.6 is 0 Å². The molecule has 0 aliphatic heterocycles. The smallest absolute Gasteiger partial charge is 0.270 e. The number of fused-ring (bicyclic) bond motifs is 2. The van der Waals surface area contributed by atoms with Gasteiger partial charge in [0.15, 0.2) is 0 Å². The molecule has 2 heterocycles. The maximum absolute atomic E-state index is 13.9. The number of amides is 1. The summed E-state index contributed by atoms with van der Waals surface area (Å²) in [7, 11) is 0. The molecule has 0 atom stereocenters. The molecular weight excluding hydrogens is 347 g/mol. The molecule has 0 radical (unpaired) electrons. The first-order valence-electron chi connectivity index (χ1n) is 8.61. The molecule has 0 saturated carbocycles. The van der Waals surface area contributed by atoms with Crippen LogP contribution in [0.15, 0.2) is 53.3 Å². The van der Waals surface area contributed by atoms with Crippen LogP contribution in [0.5, 0.6) is 0 Å². The number of aromatic amines is 2. The van der Waals surface area contributed by atoms with Crippen molar-refractivity contribution in [2.24, 2.45) is 0 Å². The molecule has 2 N–H and O–H groups in total. The van der Waals surface area contributed by atoms with Gasteiger partial charge in [0.05, 0.1) is 17.4 Å². The Morgan fingerprint density at radius 3 is 2.70 bits per heavy atom. The standard InChI is InChI=1S/C20H17FN4O2/c1-2-25(11-18-23-15-8-4-3-6-12(15)19(26)24-18)20(27)17-10-13-14(21)7-5-9-16(13)22-17/h3-10,22H,2,11H2,1H3,(H,23,24,26). The minimum absolute atomic E-state index is 0.146. The normalized spacial score (nSPS) is 11.2. The Balaban J connectivity index is 1.66. The Hall–Kier alpha value is -3.48. The highest BCUT2D eigenvalue weighted by molar-refractivity contribution is 5.98. The largest absolute Gasteiger partial charge is 0.350 e. The average Bonchev–Trinajstić information content (AvgIpc) is 3.11. The van der Waals surface area contributed by atoms with E-state index in [4.69, 9.17) is 0 Å². The van der Waals surface area contributed by atoms with Crippen LogP contribution in [-0.4, -0.2) is 32.3 Å². The van der Waals surface area contributed by atoms with E-state index in [0.717, 1.165) is 0 Å². The van der Waals surface area contributed by atoms with Crippen molar-refractivity contribution < 1.29 is 9.18 Å². The maximum atomic E-state index is 13.9. The first kappa shape index (κ1) is 17.0. The number of rotatable bonds is 4. The van der Waals surface area contributed by atoms with Gasteiger partial charge in [0.25, 0.3) is 11.5 Å². The summed E-state index contributed by atoms with van der Waals surface area (Å²) < 4.78 is 13.9. The van der Waals surface area contributed by atoms with E-state index >= 15 is 0 Å². The number of carbonyl (C=O) groups is 1. The van der Waals surface area contributed by atoms with Gasteiger partial charge in [0.1, 0.15) is 17.3 Å². The Kier molecular flexibility index (Phi) is 4.19. The lowest BCUT2D eigenvalue weighted by atomic mass is 10.2. The molecule has 7 heteroatoms. The zero-order chi connectivity index (χ0) is 19.0. The number of aromatic nitrogens is 3. The van der Waals surface area contributed by atoms with Crippen molar-refractivity contribution in [3.63, 3.8) is 0 Å². The molecule has 1 amide bonds. The van der Waals surface area contributed by atoms with Gasteiger partial charge in [-0.25, -0.2) is 9.37 Å². The minimum Gasteiger partial charge on any atom is -0.350 e. The van der Waals surface area contributed by atoms with Crippen molar-refractivity contribution in [1.82, 2.24) is 19.9 Å². The van der Waals surface area contributed by atoms with Crippen LogP contribution < -0.4 is 5.56 Å². The fourth-order valence-corrected chi connectivity index (χ4v) is 3.12. The molecule has 2 aromatic carbocycles. The molecule has 0 saturated heterocycles. The molecule has 136 valence electrons. The SMILES string of the molecule is CCN(Cc1nc2ccccc2c(=O)[nH]1)C(=O)c1cc2c(F)cccc2[nH]1. The fraction of sp³-hybridized carbons (Fsp3) is 0.150. The highest BCUT2D eigenvalue weighted by atomic mass is 19.1. The first-order valence-corrected chi connectivity index (χ1v) is 8.61. The van der Waals surface area contributed by atoms with Crippen LogP contribution in [-0.2, 0) is 6.54 Å². The monoisotopic (exact) mass is 364 g/mol. The van der Waals surface area contributed by atoms with E-state index in [-0.39, 0.29) is 23.8 Å². The number of hydrogen-bond donors (Lipinski definition) is 2. The van der Waals surface area contributed by atoms with Crippen LogP contribution in [0.1, 0.15) is 23.2 Å². The van der Waals surface area contributed by atoms with Crippen molar-refractivity contribution in [3.05, 3.63) is 76.2 Å². The van der Waals surface area contributed by atoms with Crippen molar-refractivity contribution in [2.75, 3.05) is 6.54 Å². The molecule has 27 heavy (non-hydrogen) atoms. The van der Waals surface area contributed by atoms with Crippen LogP contribution in [0.3, 0.4) is 0 Å². The summed E-state index contributed by atoms with van der Waals surface area (Å²) in [4.78, 5) is 36.7.